The Morgan fingerprint density at radius 3 is 2.33 bits per heavy atom. The van der Waals surface area contributed by atoms with Gasteiger partial charge in [0, 0.05) is 6.54 Å². The molecule has 0 saturated heterocycles. The van der Waals surface area contributed by atoms with Crippen molar-refractivity contribution in [3.63, 3.8) is 0 Å². The van der Waals surface area contributed by atoms with E-state index in [2.05, 4.69) is 18.5 Å². The summed E-state index contributed by atoms with van der Waals surface area (Å²) in [5, 5.41) is 11.5. The third kappa shape index (κ3) is 9.22. The molecule has 0 spiro atoms. The van der Waals surface area contributed by atoms with E-state index in [9.17, 15) is 4.79 Å². The van der Waals surface area contributed by atoms with Crippen molar-refractivity contribution in [2.24, 2.45) is 5.92 Å². The Kier molecular flexibility index (Phi) is 8.78. The van der Waals surface area contributed by atoms with Crippen molar-refractivity contribution in [3.05, 3.63) is 25.3 Å². The lowest BCUT2D eigenvalue weighted by Gasteiger charge is -2.12. The first-order valence-electron chi connectivity index (χ1n) is 5.35. The first kappa shape index (κ1) is 13.9. The summed E-state index contributed by atoms with van der Waals surface area (Å²) in [6.07, 6.45) is 7.06. The molecule has 0 radical (unpaired) electrons. The lowest BCUT2D eigenvalue weighted by atomic mass is 9.97. The van der Waals surface area contributed by atoms with Crippen molar-refractivity contribution in [3.8, 4) is 0 Å². The highest BCUT2D eigenvalue weighted by Gasteiger charge is 2.04. The van der Waals surface area contributed by atoms with Gasteiger partial charge in [0.1, 0.15) is 0 Å². The fourth-order valence-electron chi connectivity index (χ4n) is 1.43. The van der Waals surface area contributed by atoms with Gasteiger partial charge in [-0.25, -0.2) is 0 Å². The van der Waals surface area contributed by atoms with Crippen LogP contribution in [0.1, 0.15) is 25.7 Å². The summed E-state index contributed by atoms with van der Waals surface area (Å²) >= 11 is 0. The monoisotopic (exact) mass is 211 g/mol. The largest absolute Gasteiger partial charge is 0.481 e. The zero-order valence-electron chi connectivity index (χ0n) is 9.24. The molecule has 0 bridgehead atoms. The van der Waals surface area contributed by atoms with Crippen LogP contribution in [0.4, 0.5) is 0 Å². The predicted octanol–water partition coefficient (Wildman–Crippen LogP) is 2.21. The second-order valence-corrected chi connectivity index (χ2v) is 3.60. The summed E-state index contributed by atoms with van der Waals surface area (Å²) in [7, 11) is 0. The van der Waals surface area contributed by atoms with Crippen LogP contribution in [-0.2, 0) is 4.79 Å². The van der Waals surface area contributed by atoms with Crippen molar-refractivity contribution in [1.82, 2.24) is 5.32 Å². The number of nitrogens with one attached hydrogen (secondary N) is 1. The smallest absolute Gasteiger partial charge is 0.304 e. The van der Waals surface area contributed by atoms with Crippen molar-refractivity contribution in [1.29, 1.82) is 0 Å². The molecule has 2 N–H and O–H groups in total. The minimum atomic E-state index is -0.753. The molecule has 0 aliphatic rings. The number of allylic oxidation sites excluding steroid dienone is 2. The van der Waals surface area contributed by atoms with Gasteiger partial charge in [-0.3, -0.25) is 4.79 Å². The second-order valence-electron chi connectivity index (χ2n) is 3.60. The SMILES string of the molecule is C=CCC(CC=C)CCNCCC(=O)O. The number of aliphatic carboxylic acids is 1. The van der Waals surface area contributed by atoms with Crippen LogP contribution in [0.15, 0.2) is 25.3 Å². The van der Waals surface area contributed by atoms with Gasteiger partial charge in [-0.15, -0.1) is 13.2 Å². The zero-order valence-corrected chi connectivity index (χ0v) is 9.24. The van der Waals surface area contributed by atoms with E-state index in [-0.39, 0.29) is 6.42 Å². The average Bonchev–Trinajstić information content (AvgIpc) is 2.17. The summed E-state index contributed by atoms with van der Waals surface area (Å²) in [4.78, 5) is 10.2. The molecule has 0 fully saturated rings. The van der Waals surface area contributed by atoms with Crippen LogP contribution in [0.2, 0.25) is 0 Å². The molecule has 0 saturated carbocycles. The summed E-state index contributed by atoms with van der Waals surface area (Å²) in [5.74, 6) is -0.173. The van der Waals surface area contributed by atoms with Crippen LogP contribution in [0, 0.1) is 5.92 Å². The highest BCUT2D eigenvalue weighted by atomic mass is 16.4. The molecule has 0 atom stereocenters. The first-order chi connectivity index (χ1) is 7.20. The second kappa shape index (κ2) is 9.46. The molecule has 0 aliphatic carbocycles. The van der Waals surface area contributed by atoms with Crippen molar-refractivity contribution < 1.29 is 9.90 Å². The minimum Gasteiger partial charge on any atom is -0.481 e. The number of carboxylic acids is 1. The Bertz CT molecular complexity index is 192. The molecule has 0 heterocycles. The Labute approximate surface area is 91.9 Å². The van der Waals surface area contributed by atoms with Gasteiger partial charge in [-0.1, -0.05) is 12.2 Å². The van der Waals surface area contributed by atoms with E-state index in [1.807, 2.05) is 12.2 Å². The Balaban J connectivity index is 3.47. The molecule has 15 heavy (non-hydrogen) atoms. The molecule has 3 heteroatoms. The predicted molar refractivity (Wildman–Crippen MR) is 62.9 cm³/mol. The van der Waals surface area contributed by atoms with Crippen LogP contribution < -0.4 is 5.32 Å². The number of rotatable bonds is 10. The van der Waals surface area contributed by atoms with E-state index >= 15 is 0 Å². The van der Waals surface area contributed by atoms with Crippen molar-refractivity contribution >= 4 is 5.97 Å². The molecule has 0 aromatic carbocycles. The summed E-state index contributed by atoms with van der Waals surface area (Å²) in [5.41, 5.74) is 0. The topological polar surface area (TPSA) is 49.3 Å². The van der Waals surface area contributed by atoms with E-state index in [1.54, 1.807) is 0 Å². The maximum absolute atomic E-state index is 10.2. The average molecular weight is 211 g/mol. The molecule has 0 unspecified atom stereocenters. The lowest BCUT2D eigenvalue weighted by Crippen LogP contribution is -2.21. The minimum absolute atomic E-state index is 0.188. The van der Waals surface area contributed by atoms with Crippen molar-refractivity contribution in [2.75, 3.05) is 13.1 Å². The highest BCUT2D eigenvalue weighted by molar-refractivity contribution is 5.66. The fraction of sp³-hybridized carbons (Fsp3) is 0.583. The van der Waals surface area contributed by atoms with Gasteiger partial charge in [-0.2, -0.15) is 0 Å². The Hall–Kier alpha value is -1.09. The van der Waals surface area contributed by atoms with Crippen LogP contribution in [0.3, 0.4) is 0 Å². The molecular formula is C12H21NO2. The number of carbonyl (C=O) groups is 1. The molecule has 0 aromatic rings. The van der Waals surface area contributed by atoms with Gasteiger partial charge in [0.25, 0.3) is 0 Å². The molecule has 0 aliphatic heterocycles. The molecule has 0 rings (SSSR count). The Morgan fingerprint density at radius 2 is 1.87 bits per heavy atom. The lowest BCUT2D eigenvalue weighted by molar-refractivity contribution is -0.136. The van der Waals surface area contributed by atoms with Crippen LogP contribution in [0.5, 0.6) is 0 Å². The third-order valence-electron chi connectivity index (χ3n) is 2.25. The number of hydrogen-bond acceptors (Lipinski definition) is 2. The highest BCUT2D eigenvalue weighted by Crippen LogP contribution is 2.13. The fourth-order valence-corrected chi connectivity index (χ4v) is 1.43. The maximum atomic E-state index is 10.2. The third-order valence-corrected chi connectivity index (χ3v) is 2.25. The summed E-state index contributed by atoms with van der Waals surface area (Å²) in [6, 6.07) is 0. The molecule has 3 nitrogen and oxygen atoms in total. The summed E-state index contributed by atoms with van der Waals surface area (Å²) in [6.45, 7) is 8.84. The van der Waals surface area contributed by atoms with Crippen molar-refractivity contribution in [2.45, 2.75) is 25.7 Å². The van der Waals surface area contributed by atoms with Gasteiger partial charge in [0.2, 0.25) is 0 Å². The van der Waals surface area contributed by atoms with Crippen LogP contribution in [-0.4, -0.2) is 24.2 Å². The van der Waals surface area contributed by atoms with Gasteiger partial charge in [-0.05, 0) is 31.7 Å². The first-order valence-corrected chi connectivity index (χ1v) is 5.35. The van der Waals surface area contributed by atoms with Gasteiger partial charge in [0.15, 0.2) is 0 Å². The van der Waals surface area contributed by atoms with Crippen LogP contribution >= 0.6 is 0 Å². The number of hydrogen-bond donors (Lipinski definition) is 2. The van der Waals surface area contributed by atoms with E-state index in [1.165, 1.54) is 0 Å². The number of carboxylic acid groups (broad SMARTS) is 1. The van der Waals surface area contributed by atoms with E-state index in [0.717, 1.165) is 25.8 Å². The molecular weight excluding hydrogens is 190 g/mol. The van der Waals surface area contributed by atoms with Gasteiger partial charge >= 0.3 is 5.97 Å². The molecule has 0 aromatic heterocycles. The zero-order chi connectivity index (χ0) is 11.5. The standard InChI is InChI=1S/C12H21NO2/c1-3-5-11(6-4-2)7-9-13-10-8-12(14)15/h3-4,11,13H,1-2,5-10H2,(H,14,15). The Morgan fingerprint density at radius 1 is 1.27 bits per heavy atom. The molecule has 86 valence electrons. The van der Waals surface area contributed by atoms with E-state index in [0.29, 0.717) is 12.5 Å². The summed E-state index contributed by atoms with van der Waals surface area (Å²) < 4.78 is 0. The van der Waals surface area contributed by atoms with Gasteiger partial charge < -0.3 is 10.4 Å². The molecule has 0 amide bonds. The maximum Gasteiger partial charge on any atom is 0.304 e. The van der Waals surface area contributed by atoms with E-state index < -0.39 is 5.97 Å². The van der Waals surface area contributed by atoms with Gasteiger partial charge in [0.05, 0.1) is 6.42 Å². The normalized spacial score (nSPS) is 10.2. The van der Waals surface area contributed by atoms with E-state index in [4.69, 9.17) is 5.11 Å². The van der Waals surface area contributed by atoms with Crippen LogP contribution in [0.25, 0.3) is 0 Å². The quantitative estimate of drug-likeness (QED) is 0.430.